The fourth-order valence-electron chi connectivity index (χ4n) is 1.68. The van der Waals surface area contributed by atoms with Gasteiger partial charge in [-0.05, 0) is 25.3 Å². The van der Waals surface area contributed by atoms with Gasteiger partial charge in [0.2, 0.25) is 5.56 Å². The Morgan fingerprint density at radius 1 is 1.50 bits per heavy atom. The topological polar surface area (TPSA) is 53.1 Å². The second-order valence-electron chi connectivity index (χ2n) is 3.16. The Morgan fingerprint density at radius 3 is 3.17 bits per heavy atom. The Balaban J connectivity index is 2.53. The summed E-state index contributed by atoms with van der Waals surface area (Å²) in [5.74, 6) is 0. The van der Waals surface area contributed by atoms with E-state index in [2.05, 4.69) is 4.98 Å². The van der Waals surface area contributed by atoms with E-state index < -0.39 is 0 Å². The maximum atomic E-state index is 10.9. The van der Waals surface area contributed by atoms with Crippen LogP contribution in [0.5, 0.6) is 0 Å². The molecular formula is C9H11NO2. The molecule has 2 N–H and O–H groups in total. The van der Waals surface area contributed by atoms with Gasteiger partial charge < -0.3 is 10.1 Å². The maximum Gasteiger partial charge on any atom is 0.248 e. The summed E-state index contributed by atoms with van der Waals surface area (Å²) >= 11 is 0. The number of hydrogen-bond acceptors (Lipinski definition) is 2. The van der Waals surface area contributed by atoms with Crippen LogP contribution in [0.15, 0.2) is 16.9 Å². The molecule has 1 atom stereocenters. The van der Waals surface area contributed by atoms with Gasteiger partial charge in [0.15, 0.2) is 0 Å². The molecule has 1 aromatic rings. The minimum Gasteiger partial charge on any atom is -0.388 e. The third kappa shape index (κ3) is 1.16. The zero-order valence-corrected chi connectivity index (χ0v) is 6.71. The quantitative estimate of drug-likeness (QED) is 0.596. The van der Waals surface area contributed by atoms with Crippen molar-refractivity contribution >= 4 is 0 Å². The largest absolute Gasteiger partial charge is 0.388 e. The molecule has 1 aliphatic carbocycles. The number of H-pyrrole nitrogens is 1. The first-order valence-corrected chi connectivity index (χ1v) is 4.17. The van der Waals surface area contributed by atoms with Crippen LogP contribution in [0.3, 0.4) is 0 Å². The van der Waals surface area contributed by atoms with Crippen molar-refractivity contribution in [1.29, 1.82) is 0 Å². The fraction of sp³-hybridized carbons (Fsp3) is 0.444. The van der Waals surface area contributed by atoms with E-state index in [-0.39, 0.29) is 11.7 Å². The summed E-state index contributed by atoms with van der Waals surface area (Å²) in [5.41, 5.74) is 1.71. The molecule has 0 aromatic carbocycles. The molecule has 3 heteroatoms. The lowest BCUT2D eigenvalue weighted by molar-refractivity contribution is 0.155. The van der Waals surface area contributed by atoms with E-state index in [4.69, 9.17) is 0 Å². The van der Waals surface area contributed by atoms with Gasteiger partial charge in [-0.25, -0.2) is 0 Å². The summed E-state index contributed by atoms with van der Waals surface area (Å²) < 4.78 is 0. The Morgan fingerprint density at radius 2 is 2.33 bits per heavy atom. The highest BCUT2D eigenvalue weighted by Crippen LogP contribution is 2.26. The first-order chi connectivity index (χ1) is 5.77. The van der Waals surface area contributed by atoms with E-state index in [1.165, 1.54) is 6.07 Å². The van der Waals surface area contributed by atoms with Crippen molar-refractivity contribution in [3.05, 3.63) is 33.7 Å². The van der Waals surface area contributed by atoms with E-state index in [0.717, 1.165) is 30.5 Å². The molecule has 0 saturated heterocycles. The predicted octanol–water partition coefficient (Wildman–Crippen LogP) is 0.745. The van der Waals surface area contributed by atoms with E-state index in [1.807, 2.05) is 0 Å². The molecule has 1 aromatic heterocycles. The average molecular weight is 165 g/mol. The Labute approximate surface area is 70.1 Å². The molecule has 0 spiro atoms. The van der Waals surface area contributed by atoms with E-state index in [1.54, 1.807) is 6.07 Å². The van der Waals surface area contributed by atoms with Gasteiger partial charge in [0, 0.05) is 17.3 Å². The molecule has 12 heavy (non-hydrogen) atoms. The number of aliphatic hydroxyl groups is 1. The first-order valence-electron chi connectivity index (χ1n) is 4.17. The Kier molecular flexibility index (Phi) is 1.73. The summed E-state index contributed by atoms with van der Waals surface area (Å²) in [4.78, 5) is 13.7. The minimum absolute atomic E-state index is 0.0807. The lowest BCUT2D eigenvalue weighted by Gasteiger charge is -2.19. The van der Waals surface area contributed by atoms with E-state index in [9.17, 15) is 9.90 Å². The van der Waals surface area contributed by atoms with Crippen molar-refractivity contribution in [2.24, 2.45) is 0 Å². The van der Waals surface area contributed by atoms with Crippen molar-refractivity contribution in [2.45, 2.75) is 25.4 Å². The summed E-state index contributed by atoms with van der Waals surface area (Å²) in [5, 5.41) is 9.53. The van der Waals surface area contributed by atoms with Crippen LogP contribution in [0.4, 0.5) is 0 Å². The standard InChI is InChI=1S/C9H11NO2/c11-8-3-1-2-7-6(8)4-5-9(12)10-7/h4-5,8,11H,1-3H2,(H,10,12). The van der Waals surface area contributed by atoms with Crippen LogP contribution in [0.2, 0.25) is 0 Å². The Hall–Kier alpha value is -1.09. The number of hydrogen-bond donors (Lipinski definition) is 2. The van der Waals surface area contributed by atoms with Crippen LogP contribution >= 0.6 is 0 Å². The predicted molar refractivity (Wildman–Crippen MR) is 45.0 cm³/mol. The van der Waals surface area contributed by atoms with Crippen molar-refractivity contribution < 1.29 is 5.11 Å². The van der Waals surface area contributed by atoms with Gasteiger partial charge in [-0.3, -0.25) is 4.79 Å². The zero-order chi connectivity index (χ0) is 8.55. The number of aliphatic hydroxyl groups excluding tert-OH is 1. The molecule has 0 amide bonds. The van der Waals surface area contributed by atoms with Crippen LogP contribution < -0.4 is 5.56 Å². The molecular weight excluding hydrogens is 154 g/mol. The monoisotopic (exact) mass is 165 g/mol. The number of rotatable bonds is 0. The average Bonchev–Trinajstić information content (AvgIpc) is 2.04. The number of aryl methyl sites for hydroxylation is 1. The number of nitrogens with one attached hydrogen (secondary N) is 1. The van der Waals surface area contributed by atoms with Crippen LogP contribution in [0, 0.1) is 0 Å². The molecule has 0 bridgehead atoms. The third-order valence-electron chi connectivity index (χ3n) is 2.30. The van der Waals surface area contributed by atoms with Gasteiger partial charge in [-0.1, -0.05) is 0 Å². The highest BCUT2D eigenvalue weighted by Gasteiger charge is 2.17. The SMILES string of the molecule is O=c1ccc2c([nH]1)CCCC2O. The molecule has 1 unspecified atom stereocenters. The highest BCUT2D eigenvalue weighted by atomic mass is 16.3. The zero-order valence-electron chi connectivity index (χ0n) is 6.71. The molecule has 0 saturated carbocycles. The van der Waals surface area contributed by atoms with Crippen LogP contribution in [-0.2, 0) is 6.42 Å². The summed E-state index contributed by atoms with van der Waals surface area (Å²) in [6.07, 6.45) is 2.25. The summed E-state index contributed by atoms with van der Waals surface area (Å²) in [6, 6.07) is 3.19. The van der Waals surface area contributed by atoms with Crippen molar-refractivity contribution in [3.63, 3.8) is 0 Å². The van der Waals surface area contributed by atoms with Gasteiger partial charge in [-0.2, -0.15) is 0 Å². The highest BCUT2D eigenvalue weighted by molar-refractivity contribution is 5.24. The van der Waals surface area contributed by atoms with Crippen molar-refractivity contribution in [3.8, 4) is 0 Å². The number of aromatic nitrogens is 1. The van der Waals surface area contributed by atoms with Gasteiger partial charge in [0.25, 0.3) is 0 Å². The molecule has 2 rings (SSSR count). The maximum absolute atomic E-state index is 10.9. The number of fused-ring (bicyclic) bond motifs is 1. The molecule has 0 aliphatic heterocycles. The van der Waals surface area contributed by atoms with Crippen molar-refractivity contribution in [2.75, 3.05) is 0 Å². The van der Waals surface area contributed by atoms with Gasteiger partial charge in [0.05, 0.1) is 6.10 Å². The minimum atomic E-state index is -0.384. The van der Waals surface area contributed by atoms with Gasteiger partial charge >= 0.3 is 0 Å². The molecule has 64 valence electrons. The smallest absolute Gasteiger partial charge is 0.248 e. The molecule has 3 nitrogen and oxygen atoms in total. The number of pyridine rings is 1. The van der Waals surface area contributed by atoms with Crippen LogP contribution in [0.1, 0.15) is 30.2 Å². The lowest BCUT2D eigenvalue weighted by atomic mass is 9.94. The first kappa shape index (κ1) is 7.55. The summed E-state index contributed by atoms with van der Waals surface area (Å²) in [6.45, 7) is 0. The van der Waals surface area contributed by atoms with E-state index >= 15 is 0 Å². The van der Waals surface area contributed by atoms with Crippen molar-refractivity contribution in [1.82, 2.24) is 4.98 Å². The fourth-order valence-corrected chi connectivity index (χ4v) is 1.68. The summed E-state index contributed by atoms with van der Waals surface area (Å²) in [7, 11) is 0. The third-order valence-corrected chi connectivity index (χ3v) is 2.30. The van der Waals surface area contributed by atoms with Gasteiger partial charge in [-0.15, -0.1) is 0 Å². The molecule has 1 heterocycles. The second kappa shape index (κ2) is 2.75. The molecule has 0 radical (unpaired) electrons. The lowest BCUT2D eigenvalue weighted by Crippen LogP contribution is -2.16. The van der Waals surface area contributed by atoms with E-state index in [0.29, 0.717) is 0 Å². The molecule has 0 fully saturated rings. The molecule has 1 aliphatic rings. The van der Waals surface area contributed by atoms with Crippen LogP contribution in [0.25, 0.3) is 0 Å². The second-order valence-corrected chi connectivity index (χ2v) is 3.16. The number of aromatic amines is 1. The van der Waals surface area contributed by atoms with Gasteiger partial charge in [0.1, 0.15) is 0 Å². The normalized spacial score (nSPS) is 21.9. The Bertz CT molecular complexity index is 343. The van der Waals surface area contributed by atoms with Crippen LogP contribution in [-0.4, -0.2) is 10.1 Å².